The fourth-order valence-electron chi connectivity index (χ4n) is 2.20. The minimum atomic E-state index is -2.89. The van der Waals surface area contributed by atoms with Crippen LogP contribution >= 0.6 is 0 Å². The fourth-order valence-corrected chi connectivity index (χ4v) is 4.32. The Bertz CT molecular complexity index is 525. The minimum Gasteiger partial charge on any atom is -0.266 e. The molecule has 0 spiro atoms. The second-order valence-corrected chi connectivity index (χ2v) is 8.42. The van der Waals surface area contributed by atoms with E-state index in [0.717, 1.165) is 5.69 Å². The van der Waals surface area contributed by atoms with Crippen molar-refractivity contribution in [3.05, 3.63) is 18.0 Å². The SMILES string of the molecule is CC(C)(C)c1ccn(C2(C)CCS(=O)(=O)C2)n1. The molecular weight excluding hydrogens is 236 g/mol. The highest BCUT2D eigenvalue weighted by molar-refractivity contribution is 7.91. The summed E-state index contributed by atoms with van der Waals surface area (Å²) in [7, 11) is -2.89. The van der Waals surface area contributed by atoms with Crippen molar-refractivity contribution in [3.63, 3.8) is 0 Å². The van der Waals surface area contributed by atoms with Crippen LogP contribution in [0.15, 0.2) is 12.3 Å². The molecule has 1 atom stereocenters. The maximum atomic E-state index is 11.6. The molecule has 1 aromatic rings. The molecule has 0 aromatic carbocycles. The van der Waals surface area contributed by atoms with Crippen LogP contribution in [0.5, 0.6) is 0 Å². The predicted molar refractivity (Wildman–Crippen MR) is 67.8 cm³/mol. The largest absolute Gasteiger partial charge is 0.266 e. The Balaban J connectivity index is 2.33. The lowest BCUT2D eigenvalue weighted by Crippen LogP contribution is -2.32. The molecule has 17 heavy (non-hydrogen) atoms. The summed E-state index contributed by atoms with van der Waals surface area (Å²) in [5, 5.41) is 4.55. The van der Waals surface area contributed by atoms with E-state index in [0.29, 0.717) is 6.42 Å². The van der Waals surface area contributed by atoms with E-state index in [9.17, 15) is 8.42 Å². The molecule has 1 aliphatic heterocycles. The smallest absolute Gasteiger partial charge is 0.152 e. The number of sulfone groups is 1. The first-order chi connectivity index (χ1) is 7.62. The number of aromatic nitrogens is 2. The maximum Gasteiger partial charge on any atom is 0.152 e. The van der Waals surface area contributed by atoms with Gasteiger partial charge in [0.2, 0.25) is 0 Å². The molecule has 1 aromatic heterocycles. The standard InChI is InChI=1S/C12H20N2O2S/c1-11(2,3)10-5-7-14(13-10)12(4)6-8-17(15,16)9-12/h5,7H,6,8-9H2,1-4H3. The summed E-state index contributed by atoms with van der Waals surface area (Å²) in [6, 6.07) is 1.98. The van der Waals surface area contributed by atoms with E-state index in [1.807, 2.05) is 23.9 Å². The zero-order chi connectivity index (χ0) is 12.9. The zero-order valence-electron chi connectivity index (χ0n) is 10.9. The van der Waals surface area contributed by atoms with Gasteiger partial charge >= 0.3 is 0 Å². The van der Waals surface area contributed by atoms with Gasteiger partial charge in [-0.25, -0.2) is 8.42 Å². The van der Waals surface area contributed by atoms with E-state index in [-0.39, 0.29) is 22.5 Å². The Hall–Kier alpha value is -0.840. The third-order valence-electron chi connectivity index (χ3n) is 3.39. The van der Waals surface area contributed by atoms with E-state index >= 15 is 0 Å². The van der Waals surface area contributed by atoms with Gasteiger partial charge in [0.15, 0.2) is 9.84 Å². The maximum absolute atomic E-state index is 11.6. The van der Waals surface area contributed by atoms with Crippen molar-refractivity contribution in [2.75, 3.05) is 11.5 Å². The fraction of sp³-hybridized carbons (Fsp3) is 0.750. The Morgan fingerprint density at radius 2 is 2.06 bits per heavy atom. The first-order valence-electron chi connectivity index (χ1n) is 5.90. The van der Waals surface area contributed by atoms with Crippen LogP contribution in [-0.4, -0.2) is 29.7 Å². The van der Waals surface area contributed by atoms with Gasteiger partial charge in [-0.2, -0.15) is 5.10 Å². The van der Waals surface area contributed by atoms with Crippen LogP contribution in [0.3, 0.4) is 0 Å². The Morgan fingerprint density at radius 3 is 2.47 bits per heavy atom. The van der Waals surface area contributed by atoms with E-state index in [1.165, 1.54) is 0 Å². The summed E-state index contributed by atoms with van der Waals surface area (Å²) >= 11 is 0. The highest BCUT2D eigenvalue weighted by Gasteiger charge is 2.40. The minimum absolute atomic E-state index is 0.000903. The molecule has 0 amide bonds. The summed E-state index contributed by atoms with van der Waals surface area (Å²) < 4.78 is 25.0. The van der Waals surface area contributed by atoms with Gasteiger partial charge in [0.1, 0.15) is 0 Å². The highest BCUT2D eigenvalue weighted by Crippen LogP contribution is 2.31. The van der Waals surface area contributed by atoms with E-state index in [1.54, 1.807) is 0 Å². The van der Waals surface area contributed by atoms with Crippen LogP contribution in [0.25, 0.3) is 0 Å². The van der Waals surface area contributed by atoms with Crippen molar-refractivity contribution in [3.8, 4) is 0 Å². The van der Waals surface area contributed by atoms with E-state index in [2.05, 4.69) is 25.9 Å². The molecule has 2 rings (SSSR count). The first-order valence-corrected chi connectivity index (χ1v) is 7.72. The van der Waals surface area contributed by atoms with Gasteiger partial charge in [0.25, 0.3) is 0 Å². The highest BCUT2D eigenvalue weighted by atomic mass is 32.2. The lowest BCUT2D eigenvalue weighted by Gasteiger charge is -2.23. The summed E-state index contributed by atoms with van der Waals surface area (Å²) in [6.07, 6.45) is 2.56. The van der Waals surface area contributed by atoms with E-state index < -0.39 is 9.84 Å². The van der Waals surface area contributed by atoms with Crippen LogP contribution in [-0.2, 0) is 20.8 Å². The van der Waals surface area contributed by atoms with Gasteiger partial charge in [0.05, 0.1) is 22.7 Å². The number of hydrogen-bond acceptors (Lipinski definition) is 3. The quantitative estimate of drug-likeness (QED) is 0.768. The average molecular weight is 256 g/mol. The Kier molecular flexibility index (Phi) is 2.65. The third-order valence-corrected chi connectivity index (χ3v) is 5.28. The van der Waals surface area contributed by atoms with Crippen molar-refractivity contribution in [2.24, 2.45) is 0 Å². The summed E-state index contributed by atoms with van der Waals surface area (Å²) in [5.41, 5.74) is 0.629. The van der Waals surface area contributed by atoms with E-state index in [4.69, 9.17) is 0 Å². The molecule has 0 aliphatic carbocycles. The summed E-state index contributed by atoms with van der Waals surface area (Å²) in [4.78, 5) is 0. The lowest BCUT2D eigenvalue weighted by molar-refractivity contribution is 0.323. The molecule has 1 aliphatic rings. The molecule has 0 saturated carbocycles. The normalized spacial score (nSPS) is 28.5. The monoisotopic (exact) mass is 256 g/mol. The van der Waals surface area contributed by atoms with Gasteiger partial charge in [0, 0.05) is 11.6 Å². The molecule has 0 radical (unpaired) electrons. The van der Waals surface area contributed by atoms with Crippen molar-refractivity contribution in [1.29, 1.82) is 0 Å². The second kappa shape index (κ2) is 3.57. The first kappa shape index (κ1) is 12.6. The number of nitrogens with zero attached hydrogens (tertiary/aromatic N) is 2. The molecule has 96 valence electrons. The molecule has 4 nitrogen and oxygen atoms in total. The molecule has 2 heterocycles. The topological polar surface area (TPSA) is 52.0 Å². The Morgan fingerprint density at radius 1 is 1.41 bits per heavy atom. The van der Waals surface area contributed by atoms with Crippen molar-refractivity contribution >= 4 is 9.84 Å². The predicted octanol–water partition coefficient (Wildman–Crippen LogP) is 1.71. The number of rotatable bonds is 1. The Labute approximate surface area is 103 Å². The molecule has 5 heteroatoms. The van der Waals surface area contributed by atoms with Crippen LogP contribution in [0, 0.1) is 0 Å². The number of hydrogen-bond donors (Lipinski definition) is 0. The van der Waals surface area contributed by atoms with Gasteiger partial charge in [-0.15, -0.1) is 0 Å². The van der Waals surface area contributed by atoms with Gasteiger partial charge in [-0.1, -0.05) is 20.8 Å². The molecule has 1 fully saturated rings. The van der Waals surface area contributed by atoms with Gasteiger partial charge < -0.3 is 0 Å². The summed E-state index contributed by atoms with van der Waals surface area (Å²) in [6.45, 7) is 8.28. The molecular formula is C12H20N2O2S. The van der Waals surface area contributed by atoms with Crippen LogP contribution in [0.4, 0.5) is 0 Å². The van der Waals surface area contributed by atoms with Crippen LogP contribution in [0.1, 0.15) is 39.8 Å². The molecule has 1 unspecified atom stereocenters. The third kappa shape index (κ3) is 2.39. The summed E-state index contributed by atoms with van der Waals surface area (Å²) in [5.74, 6) is 0.472. The van der Waals surface area contributed by atoms with Crippen molar-refractivity contribution in [2.45, 2.75) is 45.1 Å². The van der Waals surface area contributed by atoms with Crippen LogP contribution < -0.4 is 0 Å². The molecule has 0 N–H and O–H groups in total. The van der Waals surface area contributed by atoms with Gasteiger partial charge in [-0.05, 0) is 19.4 Å². The van der Waals surface area contributed by atoms with Gasteiger partial charge in [-0.3, -0.25) is 4.68 Å². The van der Waals surface area contributed by atoms with Crippen molar-refractivity contribution in [1.82, 2.24) is 9.78 Å². The molecule has 0 bridgehead atoms. The molecule has 1 saturated heterocycles. The van der Waals surface area contributed by atoms with Crippen LogP contribution in [0.2, 0.25) is 0 Å². The zero-order valence-corrected chi connectivity index (χ0v) is 11.7. The second-order valence-electron chi connectivity index (χ2n) is 6.23. The lowest BCUT2D eigenvalue weighted by atomic mass is 9.93. The average Bonchev–Trinajstić information content (AvgIpc) is 2.70. The van der Waals surface area contributed by atoms with Crippen molar-refractivity contribution < 1.29 is 8.42 Å².